The zero-order valence-corrected chi connectivity index (χ0v) is 17.4. The van der Waals surface area contributed by atoms with Crippen LogP contribution in [0.2, 0.25) is 0 Å². The van der Waals surface area contributed by atoms with E-state index in [2.05, 4.69) is 6.07 Å². The molecule has 0 fully saturated rings. The van der Waals surface area contributed by atoms with E-state index < -0.39 is 5.97 Å². The van der Waals surface area contributed by atoms with Crippen LogP contribution in [0.3, 0.4) is 0 Å². The predicted molar refractivity (Wildman–Crippen MR) is 120 cm³/mol. The van der Waals surface area contributed by atoms with Gasteiger partial charge in [-0.25, -0.2) is 4.79 Å². The molecule has 0 unspecified atom stereocenters. The Morgan fingerprint density at radius 3 is 2.47 bits per heavy atom. The number of carbonyl (C=O) groups is 1. The van der Waals surface area contributed by atoms with Crippen molar-refractivity contribution in [3.8, 4) is 34.4 Å². The minimum Gasteiger partial charge on any atom is -0.497 e. The van der Waals surface area contributed by atoms with Crippen molar-refractivity contribution >= 4 is 5.97 Å². The minimum atomic E-state index is -0.978. The van der Waals surface area contributed by atoms with Gasteiger partial charge < -0.3 is 19.1 Å². The van der Waals surface area contributed by atoms with Crippen molar-refractivity contribution in [2.75, 3.05) is 7.11 Å². The fourth-order valence-electron chi connectivity index (χ4n) is 3.38. The lowest BCUT2D eigenvalue weighted by Gasteiger charge is -2.09. The molecular formula is C26H20N2O4. The average molecular weight is 424 g/mol. The number of nitrogens with zero attached hydrogens (tertiary/aromatic N) is 2. The van der Waals surface area contributed by atoms with Gasteiger partial charge in [0.1, 0.15) is 24.2 Å². The van der Waals surface area contributed by atoms with Gasteiger partial charge in [0.15, 0.2) is 0 Å². The first kappa shape index (κ1) is 20.8. The minimum absolute atomic E-state index is 0.211. The lowest BCUT2D eigenvalue weighted by molar-refractivity contribution is 0.0697. The lowest BCUT2D eigenvalue weighted by Crippen LogP contribution is -1.97. The number of carboxylic acids is 1. The van der Waals surface area contributed by atoms with Gasteiger partial charge in [0.2, 0.25) is 0 Å². The van der Waals surface area contributed by atoms with Gasteiger partial charge >= 0.3 is 5.97 Å². The van der Waals surface area contributed by atoms with E-state index in [1.54, 1.807) is 25.4 Å². The third kappa shape index (κ3) is 4.47. The number of hydrogen-bond acceptors (Lipinski definition) is 4. The molecule has 1 N–H and O–H groups in total. The molecule has 32 heavy (non-hydrogen) atoms. The van der Waals surface area contributed by atoms with Gasteiger partial charge in [-0.3, -0.25) is 0 Å². The summed E-state index contributed by atoms with van der Waals surface area (Å²) < 4.78 is 13.0. The Kier molecular flexibility index (Phi) is 5.91. The van der Waals surface area contributed by atoms with Crippen LogP contribution in [0.15, 0.2) is 85.2 Å². The fraction of sp³-hybridized carbons (Fsp3) is 0.0769. The number of rotatable bonds is 7. The van der Waals surface area contributed by atoms with Crippen LogP contribution in [0.25, 0.3) is 16.8 Å². The van der Waals surface area contributed by atoms with Crippen molar-refractivity contribution in [1.82, 2.24) is 4.57 Å². The van der Waals surface area contributed by atoms with Gasteiger partial charge in [0, 0.05) is 23.6 Å². The largest absolute Gasteiger partial charge is 0.497 e. The van der Waals surface area contributed by atoms with Gasteiger partial charge in [-0.05, 0) is 59.7 Å². The highest BCUT2D eigenvalue weighted by Gasteiger charge is 2.12. The molecule has 0 bridgehead atoms. The van der Waals surface area contributed by atoms with E-state index in [9.17, 15) is 10.1 Å². The van der Waals surface area contributed by atoms with Crippen LogP contribution >= 0.6 is 0 Å². The number of hydrogen-bond donors (Lipinski definition) is 1. The molecule has 4 rings (SSSR count). The molecule has 1 aromatic heterocycles. The molecular weight excluding hydrogens is 404 g/mol. The molecule has 3 aromatic carbocycles. The number of aromatic nitrogens is 1. The van der Waals surface area contributed by atoms with Crippen LogP contribution in [0.1, 0.15) is 21.5 Å². The third-order valence-electron chi connectivity index (χ3n) is 5.04. The Bertz CT molecular complexity index is 1300. The number of aromatic carboxylic acids is 1. The van der Waals surface area contributed by atoms with Crippen molar-refractivity contribution in [2.24, 2.45) is 0 Å². The molecule has 1 heterocycles. The topological polar surface area (TPSA) is 84.5 Å². The molecule has 6 heteroatoms. The summed E-state index contributed by atoms with van der Waals surface area (Å²) in [6.07, 6.45) is 3.59. The molecule has 0 saturated heterocycles. The Balaban J connectivity index is 1.58. The lowest BCUT2D eigenvalue weighted by atomic mass is 10.1. The quantitative estimate of drug-likeness (QED) is 0.435. The van der Waals surface area contributed by atoms with E-state index >= 15 is 0 Å². The molecule has 0 spiro atoms. The van der Waals surface area contributed by atoms with E-state index in [0.717, 1.165) is 28.1 Å². The second kappa shape index (κ2) is 9.11. The maximum absolute atomic E-state index is 11.1. The van der Waals surface area contributed by atoms with Crippen molar-refractivity contribution in [3.05, 3.63) is 102 Å². The number of ether oxygens (including phenoxy) is 2. The van der Waals surface area contributed by atoms with Gasteiger partial charge in [-0.1, -0.05) is 24.3 Å². The van der Waals surface area contributed by atoms with Crippen LogP contribution in [-0.2, 0) is 6.61 Å². The summed E-state index contributed by atoms with van der Waals surface area (Å²) in [5.41, 5.74) is 4.10. The Morgan fingerprint density at radius 1 is 1.00 bits per heavy atom. The van der Waals surface area contributed by atoms with Crippen molar-refractivity contribution in [2.45, 2.75) is 6.61 Å². The van der Waals surface area contributed by atoms with E-state index in [1.165, 1.54) is 12.1 Å². The first-order valence-corrected chi connectivity index (χ1v) is 9.89. The third-order valence-corrected chi connectivity index (χ3v) is 5.04. The summed E-state index contributed by atoms with van der Waals surface area (Å²) in [5, 5.41) is 18.7. The molecule has 0 aliphatic heterocycles. The van der Waals surface area contributed by atoms with Crippen molar-refractivity contribution in [3.63, 3.8) is 0 Å². The normalized spacial score (nSPS) is 10.4. The highest BCUT2D eigenvalue weighted by molar-refractivity contribution is 5.87. The monoisotopic (exact) mass is 424 g/mol. The molecule has 0 aliphatic rings. The zero-order valence-electron chi connectivity index (χ0n) is 17.4. The van der Waals surface area contributed by atoms with Crippen LogP contribution in [-0.4, -0.2) is 22.8 Å². The average Bonchev–Trinajstić information content (AvgIpc) is 3.28. The smallest absolute Gasteiger partial charge is 0.335 e. The van der Waals surface area contributed by atoms with E-state index in [1.807, 2.05) is 59.3 Å². The number of benzene rings is 3. The summed E-state index contributed by atoms with van der Waals surface area (Å²) in [6.45, 7) is 0.392. The molecule has 0 atom stereocenters. The maximum Gasteiger partial charge on any atom is 0.335 e. The Morgan fingerprint density at radius 2 is 1.75 bits per heavy atom. The second-order valence-electron chi connectivity index (χ2n) is 7.12. The van der Waals surface area contributed by atoms with Gasteiger partial charge in [0.25, 0.3) is 0 Å². The number of methoxy groups -OCH3 is 1. The SMILES string of the molecule is COc1cccc(COc2cccc(-c3cn(-c4ccc(C(=O)O)cc4)cc3C#N)c2)c1. The van der Waals surface area contributed by atoms with Crippen LogP contribution < -0.4 is 9.47 Å². The zero-order chi connectivity index (χ0) is 22.5. The Labute approximate surface area is 185 Å². The highest BCUT2D eigenvalue weighted by Crippen LogP contribution is 2.29. The second-order valence-corrected chi connectivity index (χ2v) is 7.12. The molecule has 0 radical (unpaired) electrons. The molecule has 6 nitrogen and oxygen atoms in total. The van der Waals surface area contributed by atoms with E-state index in [-0.39, 0.29) is 5.56 Å². The highest BCUT2D eigenvalue weighted by atomic mass is 16.5. The van der Waals surface area contributed by atoms with Crippen LogP contribution in [0, 0.1) is 11.3 Å². The summed E-state index contributed by atoms with van der Waals surface area (Å²) in [5.74, 6) is 0.484. The number of carboxylic acid groups (broad SMARTS) is 1. The molecule has 0 amide bonds. The van der Waals surface area contributed by atoms with E-state index in [4.69, 9.17) is 14.6 Å². The maximum atomic E-state index is 11.1. The van der Waals surface area contributed by atoms with E-state index in [0.29, 0.717) is 17.9 Å². The summed E-state index contributed by atoms with van der Waals surface area (Å²) in [4.78, 5) is 11.1. The summed E-state index contributed by atoms with van der Waals surface area (Å²) in [6, 6.07) is 24.0. The molecule has 0 saturated carbocycles. The predicted octanol–water partition coefficient (Wildman–Crippen LogP) is 5.30. The molecule has 4 aromatic rings. The summed E-state index contributed by atoms with van der Waals surface area (Å²) >= 11 is 0. The first-order valence-electron chi connectivity index (χ1n) is 9.89. The van der Waals surface area contributed by atoms with Crippen LogP contribution in [0.4, 0.5) is 0 Å². The van der Waals surface area contributed by atoms with Gasteiger partial charge in [-0.15, -0.1) is 0 Å². The standard InChI is InChI=1S/C26H20N2O4/c1-31-23-6-2-4-18(12-23)17-32-24-7-3-5-20(13-24)25-16-28(15-21(25)14-27)22-10-8-19(9-11-22)26(29)30/h2-13,15-16H,17H2,1H3,(H,29,30). The van der Waals surface area contributed by atoms with Gasteiger partial charge in [0.05, 0.1) is 18.2 Å². The fourth-order valence-corrected chi connectivity index (χ4v) is 3.38. The Hall–Kier alpha value is -4.50. The first-order chi connectivity index (χ1) is 15.6. The van der Waals surface area contributed by atoms with Crippen LogP contribution in [0.5, 0.6) is 11.5 Å². The molecule has 158 valence electrons. The summed E-state index contributed by atoms with van der Waals surface area (Å²) in [7, 11) is 1.63. The molecule has 0 aliphatic carbocycles. The van der Waals surface area contributed by atoms with Crippen molar-refractivity contribution in [1.29, 1.82) is 5.26 Å². The van der Waals surface area contributed by atoms with Crippen molar-refractivity contribution < 1.29 is 19.4 Å². The van der Waals surface area contributed by atoms with Gasteiger partial charge in [-0.2, -0.15) is 5.26 Å². The number of nitriles is 1.